The molecule has 4 rings (SSSR count). The van der Waals surface area contributed by atoms with Crippen molar-refractivity contribution in [2.24, 2.45) is 0 Å². The molecule has 3 aromatic rings. The van der Waals surface area contributed by atoms with Gasteiger partial charge in [0.25, 0.3) is 11.8 Å². The van der Waals surface area contributed by atoms with Gasteiger partial charge in [-0.1, -0.05) is 30.8 Å². The monoisotopic (exact) mass is 441 g/mol. The highest BCUT2D eigenvalue weighted by atomic mass is 32.2. The average Bonchev–Trinajstić information content (AvgIpc) is 3.20. The summed E-state index contributed by atoms with van der Waals surface area (Å²) >= 11 is 3.38. The number of anilines is 1. The second-order valence-electron chi connectivity index (χ2n) is 6.92. The van der Waals surface area contributed by atoms with Crippen molar-refractivity contribution in [3.63, 3.8) is 0 Å². The Morgan fingerprint density at radius 1 is 1.17 bits per heavy atom. The average molecular weight is 442 g/mol. The van der Waals surface area contributed by atoms with Gasteiger partial charge in [0.1, 0.15) is 0 Å². The first kappa shape index (κ1) is 20.8. The van der Waals surface area contributed by atoms with E-state index < -0.39 is 0 Å². The molecule has 2 heterocycles. The van der Waals surface area contributed by atoms with E-state index in [-0.39, 0.29) is 11.8 Å². The van der Waals surface area contributed by atoms with E-state index >= 15 is 0 Å². The van der Waals surface area contributed by atoms with Gasteiger partial charge < -0.3 is 15.0 Å². The first-order chi connectivity index (χ1) is 14.7. The highest BCUT2D eigenvalue weighted by Gasteiger charge is 2.23. The van der Waals surface area contributed by atoms with Crippen LogP contribution in [0.25, 0.3) is 10.2 Å². The Balaban J connectivity index is 1.53. The second-order valence-corrected chi connectivity index (χ2v) is 9.29. The fraction of sp³-hybridized carbons (Fsp3) is 0.318. The fourth-order valence-corrected chi connectivity index (χ4v) is 5.27. The van der Waals surface area contributed by atoms with Crippen LogP contribution < -0.4 is 5.32 Å². The van der Waals surface area contributed by atoms with Crippen LogP contribution in [0.5, 0.6) is 0 Å². The minimum Gasteiger partial charge on any atom is -0.378 e. The molecule has 0 aliphatic carbocycles. The van der Waals surface area contributed by atoms with Crippen molar-refractivity contribution in [1.29, 1.82) is 0 Å². The van der Waals surface area contributed by atoms with Gasteiger partial charge in [-0.15, -0.1) is 11.3 Å². The zero-order valence-corrected chi connectivity index (χ0v) is 18.4. The molecule has 2 amide bonds. The van der Waals surface area contributed by atoms with Crippen LogP contribution in [0.4, 0.5) is 5.69 Å². The van der Waals surface area contributed by atoms with Gasteiger partial charge in [0.05, 0.1) is 34.6 Å². The molecule has 1 aliphatic heterocycles. The molecule has 0 atom stereocenters. The molecular weight excluding hydrogens is 418 g/mol. The van der Waals surface area contributed by atoms with E-state index in [0.717, 1.165) is 26.7 Å². The van der Waals surface area contributed by atoms with Gasteiger partial charge in [-0.25, -0.2) is 4.98 Å². The number of carbonyl (C=O) groups is 2. The number of ether oxygens (including phenoxy) is 1. The predicted molar refractivity (Wildman–Crippen MR) is 122 cm³/mol. The molecule has 1 saturated heterocycles. The number of rotatable bonds is 6. The first-order valence-corrected chi connectivity index (χ1v) is 11.8. The molecule has 1 N–H and O–H groups in total. The summed E-state index contributed by atoms with van der Waals surface area (Å²) < 4.78 is 7.39. The Bertz CT molecular complexity index is 1060. The molecule has 0 saturated carbocycles. The lowest BCUT2D eigenvalue weighted by Crippen LogP contribution is -2.41. The van der Waals surface area contributed by atoms with Crippen LogP contribution in [0.15, 0.2) is 46.8 Å². The van der Waals surface area contributed by atoms with Gasteiger partial charge >= 0.3 is 0 Å². The number of amides is 2. The van der Waals surface area contributed by atoms with Gasteiger partial charge in [-0.2, -0.15) is 0 Å². The molecule has 1 fully saturated rings. The number of nitrogens with one attached hydrogen (secondary N) is 1. The highest BCUT2D eigenvalue weighted by Crippen LogP contribution is 2.31. The van der Waals surface area contributed by atoms with Crippen molar-refractivity contribution in [2.75, 3.05) is 37.4 Å². The molecular formula is C22H23N3O3S2. The van der Waals surface area contributed by atoms with E-state index in [1.54, 1.807) is 52.3 Å². The number of fused-ring (bicyclic) bond motifs is 1. The molecule has 0 spiro atoms. The Kier molecular flexibility index (Phi) is 6.66. The Hall–Kier alpha value is -2.42. The van der Waals surface area contributed by atoms with Crippen LogP contribution in [0.1, 0.15) is 34.1 Å². The number of hydrogen-bond acceptors (Lipinski definition) is 6. The van der Waals surface area contributed by atoms with E-state index in [0.29, 0.717) is 43.1 Å². The summed E-state index contributed by atoms with van der Waals surface area (Å²) in [6.07, 6.45) is 1.10. The standard InChI is InChI=1S/C22H23N3O3S2/c1-2-13-29-22-24-18-8-7-15(14-19(18)30-22)23-20(26)16-5-3-4-6-17(16)21(27)25-9-11-28-12-10-25/h3-8,14H,2,9-13H2,1H3,(H,23,26). The van der Waals surface area contributed by atoms with E-state index in [2.05, 4.69) is 17.2 Å². The lowest BCUT2D eigenvalue weighted by molar-refractivity contribution is 0.0302. The summed E-state index contributed by atoms with van der Waals surface area (Å²) in [6, 6.07) is 12.7. The Labute approximate surface area is 183 Å². The molecule has 30 heavy (non-hydrogen) atoms. The zero-order valence-electron chi connectivity index (χ0n) is 16.7. The van der Waals surface area contributed by atoms with Crippen molar-refractivity contribution in [1.82, 2.24) is 9.88 Å². The number of nitrogens with zero attached hydrogens (tertiary/aromatic N) is 2. The number of thioether (sulfide) groups is 1. The van der Waals surface area contributed by atoms with E-state index in [4.69, 9.17) is 4.74 Å². The summed E-state index contributed by atoms with van der Waals surface area (Å²) in [5.74, 6) is 0.605. The van der Waals surface area contributed by atoms with Crippen LogP contribution in [0.3, 0.4) is 0 Å². The number of morpholine rings is 1. The van der Waals surface area contributed by atoms with Crippen LogP contribution in [-0.2, 0) is 4.74 Å². The lowest BCUT2D eigenvalue weighted by atomic mass is 10.0. The topological polar surface area (TPSA) is 71.5 Å². The largest absolute Gasteiger partial charge is 0.378 e. The van der Waals surface area contributed by atoms with Gasteiger partial charge in [0, 0.05) is 24.5 Å². The summed E-state index contributed by atoms with van der Waals surface area (Å²) in [4.78, 5) is 32.3. The molecule has 6 nitrogen and oxygen atoms in total. The first-order valence-electron chi connectivity index (χ1n) is 9.96. The molecule has 1 aliphatic rings. The van der Waals surface area contributed by atoms with E-state index in [1.807, 2.05) is 18.2 Å². The number of benzene rings is 2. The minimum atomic E-state index is -0.295. The van der Waals surface area contributed by atoms with Gasteiger partial charge in [-0.3, -0.25) is 9.59 Å². The summed E-state index contributed by atoms with van der Waals surface area (Å²) in [6.45, 7) is 4.26. The van der Waals surface area contributed by atoms with Crippen molar-refractivity contribution in [3.8, 4) is 0 Å². The van der Waals surface area contributed by atoms with Crippen molar-refractivity contribution >= 4 is 50.8 Å². The molecule has 156 valence electrons. The third-order valence-electron chi connectivity index (χ3n) is 4.76. The maximum atomic E-state index is 13.0. The Morgan fingerprint density at radius 3 is 2.70 bits per heavy atom. The number of aromatic nitrogens is 1. The van der Waals surface area contributed by atoms with Crippen molar-refractivity contribution < 1.29 is 14.3 Å². The molecule has 0 bridgehead atoms. The van der Waals surface area contributed by atoms with Crippen molar-refractivity contribution in [3.05, 3.63) is 53.6 Å². The third kappa shape index (κ3) is 4.66. The highest BCUT2D eigenvalue weighted by molar-refractivity contribution is 8.01. The van der Waals surface area contributed by atoms with E-state index in [9.17, 15) is 9.59 Å². The van der Waals surface area contributed by atoms with Crippen LogP contribution in [0.2, 0.25) is 0 Å². The Morgan fingerprint density at radius 2 is 1.93 bits per heavy atom. The van der Waals surface area contributed by atoms with Crippen LogP contribution in [0, 0.1) is 0 Å². The quantitative estimate of drug-likeness (QED) is 0.570. The second kappa shape index (κ2) is 9.59. The third-order valence-corrected chi connectivity index (χ3v) is 7.12. The smallest absolute Gasteiger partial charge is 0.256 e. The minimum absolute atomic E-state index is 0.139. The molecule has 2 aromatic carbocycles. The summed E-state index contributed by atoms with van der Waals surface area (Å²) in [5, 5.41) is 2.94. The predicted octanol–water partition coefficient (Wildman–Crippen LogP) is 4.52. The summed E-state index contributed by atoms with van der Waals surface area (Å²) in [5.41, 5.74) is 2.41. The molecule has 0 radical (unpaired) electrons. The molecule has 8 heteroatoms. The number of thiazole rings is 1. The number of carbonyl (C=O) groups excluding carboxylic acids is 2. The molecule has 1 aromatic heterocycles. The number of hydrogen-bond donors (Lipinski definition) is 1. The SMILES string of the molecule is CCCSc1nc2ccc(NC(=O)c3ccccc3C(=O)N3CCOCC3)cc2s1. The van der Waals surface area contributed by atoms with Gasteiger partial charge in [0.15, 0.2) is 4.34 Å². The van der Waals surface area contributed by atoms with E-state index in [1.165, 1.54) is 0 Å². The normalized spacial score (nSPS) is 14.1. The fourth-order valence-electron chi connectivity index (χ4n) is 3.24. The summed E-state index contributed by atoms with van der Waals surface area (Å²) in [7, 11) is 0. The lowest BCUT2D eigenvalue weighted by Gasteiger charge is -2.27. The zero-order chi connectivity index (χ0) is 20.9. The maximum Gasteiger partial charge on any atom is 0.256 e. The molecule has 0 unspecified atom stereocenters. The van der Waals surface area contributed by atoms with Crippen LogP contribution >= 0.6 is 23.1 Å². The maximum absolute atomic E-state index is 13.0. The van der Waals surface area contributed by atoms with Gasteiger partial charge in [0.2, 0.25) is 0 Å². The van der Waals surface area contributed by atoms with Gasteiger partial charge in [-0.05, 0) is 36.8 Å². The van der Waals surface area contributed by atoms with Crippen molar-refractivity contribution in [2.45, 2.75) is 17.7 Å². The van der Waals surface area contributed by atoms with Crippen LogP contribution in [-0.4, -0.2) is 53.8 Å².